The van der Waals surface area contributed by atoms with Crippen molar-refractivity contribution < 1.29 is 50.5 Å². The number of methoxy groups -OCH3 is 1. The summed E-state index contributed by atoms with van der Waals surface area (Å²) in [6, 6.07) is 18.3. The number of hydrogen-bond donors (Lipinski definition) is 7. The second-order valence-corrected chi connectivity index (χ2v) is 14.6. The molecule has 0 spiro atoms. The third kappa shape index (κ3) is 11.8. The summed E-state index contributed by atoms with van der Waals surface area (Å²) in [4.78, 5) is 35.6. The van der Waals surface area contributed by atoms with Gasteiger partial charge in [0.25, 0.3) is 20.2 Å². The molecule has 0 aliphatic carbocycles. The minimum atomic E-state index is -4.45. The molecular formula is C34H32N10O11S2. The predicted molar refractivity (Wildman–Crippen MR) is 205 cm³/mol. The van der Waals surface area contributed by atoms with E-state index >= 15 is 0 Å². The first-order chi connectivity index (χ1) is 27.0. The fourth-order valence-corrected chi connectivity index (χ4v) is 5.72. The number of nitrogens with one attached hydrogen (secondary N) is 3. The molecule has 4 aromatic carbocycles. The van der Waals surface area contributed by atoms with Gasteiger partial charge in [0.1, 0.15) is 11.4 Å². The summed E-state index contributed by atoms with van der Waals surface area (Å²) in [6.07, 6.45) is 0.472. The number of rotatable bonds is 17. The predicted octanol–water partition coefficient (Wildman–Crippen LogP) is 6.70. The van der Waals surface area contributed by atoms with Gasteiger partial charge in [0.2, 0.25) is 17.8 Å². The largest absolute Gasteiger partial charge is 0.494 e. The average Bonchev–Trinajstić information content (AvgIpc) is 3.15. The van der Waals surface area contributed by atoms with Crippen LogP contribution in [0.3, 0.4) is 0 Å². The summed E-state index contributed by atoms with van der Waals surface area (Å²) in [5.41, 5.74) is 1.91. The van der Waals surface area contributed by atoms with Crippen molar-refractivity contribution in [1.29, 1.82) is 0 Å². The molecule has 0 aliphatic rings. The molecule has 0 aliphatic heterocycles. The summed E-state index contributed by atoms with van der Waals surface area (Å²) in [5, 5.41) is 43.9. The summed E-state index contributed by atoms with van der Waals surface area (Å²) < 4.78 is 69.6. The van der Waals surface area contributed by atoms with Crippen LogP contribution in [-0.4, -0.2) is 82.5 Å². The van der Waals surface area contributed by atoms with E-state index in [-0.39, 0.29) is 63.2 Å². The van der Waals surface area contributed by atoms with Crippen molar-refractivity contribution >= 4 is 84.1 Å². The van der Waals surface area contributed by atoms with Gasteiger partial charge in [-0.15, -0.1) is 5.11 Å². The molecular weight excluding hydrogens is 789 g/mol. The number of aryl methyl sites for hydroxylation is 1. The SMILES string of the molecule is CCc1cc(Nc2nc(NCCS(=O)(=O)O)nc(Nc3ccc(/N=N/c4cccc(S(=O)(=O)O)c4)c(OC)c3)n2)ccc1/N=N/c1cc(C(=O)O)cc(C(=O)O)c1. The van der Waals surface area contributed by atoms with Crippen molar-refractivity contribution in [3.8, 4) is 5.75 Å². The van der Waals surface area contributed by atoms with E-state index in [1.807, 2.05) is 6.92 Å². The molecule has 7 N–H and O–H groups in total. The van der Waals surface area contributed by atoms with Gasteiger partial charge in [-0.05, 0) is 78.7 Å². The zero-order valence-electron chi connectivity index (χ0n) is 29.7. The normalized spacial score (nSPS) is 11.8. The fourth-order valence-electron chi connectivity index (χ4n) is 4.84. The van der Waals surface area contributed by atoms with Gasteiger partial charge in [0, 0.05) is 24.0 Å². The van der Waals surface area contributed by atoms with E-state index in [4.69, 9.17) is 4.74 Å². The molecule has 1 aromatic heterocycles. The molecule has 23 heteroatoms. The topological polar surface area (TPSA) is 317 Å². The Hall–Kier alpha value is -6.95. The molecule has 0 atom stereocenters. The Balaban J connectivity index is 1.40. The number of carboxylic acids is 2. The molecule has 296 valence electrons. The van der Waals surface area contributed by atoms with Crippen molar-refractivity contribution in [2.75, 3.05) is 35.4 Å². The lowest BCUT2D eigenvalue weighted by atomic mass is 10.1. The van der Waals surface area contributed by atoms with Crippen LogP contribution in [0, 0.1) is 0 Å². The Morgan fingerprint density at radius 2 is 1.28 bits per heavy atom. The minimum absolute atomic E-state index is 0.00855. The number of aromatic nitrogens is 3. The number of aromatic carboxylic acids is 2. The first-order valence-electron chi connectivity index (χ1n) is 16.3. The molecule has 0 saturated carbocycles. The van der Waals surface area contributed by atoms with Crippen LogP contribution in [0.4, 0.5) is 52.0 Å². The molecule has 1 heterocycles. The maximum absolute atomic E-state index is 11.5. The molecule has 0 saturated heterocycles. The lowest BCUT2D eigenvalue weighted by Crippen LogP contribution is -2.17. The Kier molecular flexibility index (Phi) is 12.8. The molecule has 0 bridgehead atoms. The smallest absolute Gasteiger partial charge is 0.335 e. The first kappa shape index (κ1) is 41.2. The van der Waals surface area contributed by atoms with Gasteiger partial charge < -0.3 is 30.9 Å². The van der Waals surface area contributed by atoms with Crippen molar-refractivity contribution in [2.45, 2.75) is 18.2 Å². The summed E-state index contributed by atoms with van der Waals surface area (Å²) in [6.45, 7) is 1.61. The quantitative estimate of drug-likeness (QED) is 0.0379. The van der Waals surface area contributed by atoms with Gasteiger partial charge in [-0.1, -0.05) is 13.0 Å². The highest BCUT2D eigenvalue weighted by molar-refractivity contribution is 7.86. The van der Waals surface area contributed by atoms with Crippen molar-refractivity contribution in [3.63, 3.8) is 0 Å². The van der Waals surface area contributed by atoms with Crippen LogP contribution in [0.1, 0.15) is 33.2 Å². The number of benzene rings is 4. The van der Waals surface area contributed by atoms with E-state index < -0.39 is 37.9 Å². The minimum Gasteiger partial charge on any atom is -0.494 e. The Labute approximate surface area is 324 Å². The van der Waals surface area contributed by atoms with Crippen molar-refractivity contribution in [3.05, 3.63) is 95.6 Å². The fraction of sp³-hybridized carbons (Fsp3) is 0.147. The zero-order chi connectivity index (χ0) is 41.3. The van der Waals surface area contributed by atoms with Gasteiger partial charge in [-0.25, -0.2) is 9.59 Å². The molecule has 5 aromatic rings. The number of carbonyl (C=O) groups is 2. The Bertz CT molecular complexity index is 2590. The maximum Gasteiger partial charge on any atom is 0.335 e. The summed E-state index contributed by atoms with van der Waals surface area (Å²) >= 11 is 0. The molecule has 21 nitrogen and oxygen atoms in total. The number of carboxylic acid groups (broad SMARTS) is 2. The van der Waals surface area contributed by atoms with Crippen molar-refractivity contribution in [2.24, 2.45) is 20.5 Å². The van der Waals surface area contributed by atoms with Crippen LogP contribution in [0.15, 0.2) is 104 Å². The molecule has 0 fully saturated rings. The van der Waals surface area contributed by atoms with Crippen LogP contribution < -0.4 is 20.7 Å². The van der Waals surface area contributed by atoms with E-state index in [0.29, 0.717) is 29.0 Å². The van der Waals surface area contributed by atoms with Crippen LogP contribution in [0.5, 0.6) is 5.75 Å². The van der Waals surface area contributed by atoms with Crippen molar-refractivity contribution in [1.82, 2.24) is 15.0 Å². The number of ether oxygens (including phenoxy) is 1. The van der Waals surface area contributed by atoms with E-state index in [9.17, 15) is 45.7 Å². The van der Waals surface area contributed by atoms with Crippen LogP contribution >= 0.6 is 0 Å². The highest BCUT2D eigenvalue weighted by Gasteiger charge is 2.15. The van der Waals surface area contributed by atoms with Gasteiger partial charge >= 0.3 is 11.9 Å². The van der Waals surface area contributed by atoms with Crippen LogP contribution in [0.25, 0.3) is 0 Å². The van der Waals surface area contributed by atoms with Gasteiger partial charge in [0.05, 0.1) is 45.9 Å². The standard InChI is InChI=1S/C34H32N10O11S2/c1-3-19-14-22(7-9-27(19)43-42-25-15-20(30(45)46)13-21(16-25)31(47)48)36-33-38-32(35-11-12-56(49,50)51)39-34(40-33)37-23-8-10-28(29(18-23)55-2)44-41-24-5-4-6-26(17-24)57(52,53)54/h4-10,13-18H,3,11-12H2,1-2H3,(H,45,46)(H,47,48)(H,49,50,51)(H,52,53,54)(H3,35,36,37,38,39,40)/b43-42+,44-41+. The second kappa shape index (κ2) is 17.7. The highest BCUT2D eigenvalue weighted by Crippen LogP contribution is 2.34. The van der Waals surface area contributed by atoms with Crippen LogP contribution in [-0.2, 0) is 26.7 Å². The summed E-state index contributed by atoms with van der Waals surface area (Å²) in [5.74, 6) is -3.10. The third-order valence-corrected chi connectivity index (χ3v) is 9.07. The molecule has 5 rings (SSSR count). The van der Waals surface area contributed by atoms with E-state index in [2.05, 4.69) is 51.4 Å². The summed E-state index contributed by atoms with van der Waals surface area (Å²) in [7, 11) is -7.36. The monoisotopic (exact) mass is 820 g/mol. The lowest BCUT2D eigenvalue weighted by Gasteiger charge is -2.13. The average molecular weight is 821 g/mol. The third-order valence-electron chi connectivity index (χ3n) is 7.50. The van der Waals surface area contributed by atoms with E-state index in [1.54, 1.807) is 36.4 Å². The second-order valence-electron chi connectivity index (χ2n) is 11.6. The molecule has 57 heavy (non-hydrogen) atoms. The number of anilines is 5. The molecule has 0 radical (unpaired) electrons. The first-order valence-corrected chi connectivity index (χ1v) is 19.4. The number of nitrogens with zero attached hydrogens (tertiary/aromatic N) is 7. The Morgan fingerprint density at radius 1 is 0.702 bits per heavy atom. The number of hydrogen-bond acceptors (Lipinski definition) is 17. The van der Waals surface area contributed by atoms with Gasteiger partial charge in [-0.2, -0.15) is 47.1 Å². The molecule has 0 amide bonds. The van der Waals surface area contributed by atoms with Gasteiger partial charge in [-0.3, -0.25) is 9.11 Å². The number of azo groups is 2. The van der Waals surface area contributed by atoms with E-state index in [1.165, 1.54) is 37.4 Å². The highest BCUT2D eigenvalue weighted by atomic mass is 32.2. The van der Waals surface area contributed by atoms with Gasteiger partial charge in [0.15, 0.2) is 0 Å². The zero-order valence-corrected chi connectivity index (χ0v) is 31.4. The van der Waals surface area contributed by atoms with E-state index in [0.717, 1.165) is 12.1 Å². The Morgan fingerprint density at radius 3 is 1.86 bits per heavy atom. The molecule has 0 unspecified atom stereocenters. The maximum atomic E-state index is 11.5. The van der Waals surface area contributed by atoms with Crippen LogP contribution in [0.2, 0.25) is 0 Å². The lowest BCUT2D eigenvalue weighted by molar-refractivity contribution is 0.0696.